The monoisotopic (exact) mass is 638 g/mol. The lowest BCUT2D eigenvalue weighted by Crippen LogP contribution is -2.34. The first-order chi connectivity index (χ1) is 23.6. The molecule has 2 aromatic heterocycles. The van der Waals surface area contributed by atoms with E-state index in [-0.39, 0.29) is 17.9 Å². The van der Waals surface area contributed by atoms with Crippen LogP contribution in [-0.2, 0) is 10.3 Å². The lowest BCUT2D eigenvalue weighted by molar-refractivity contribution is -0.00274. The number of nitrogens with one attached hydrogen (secondary N) is 1. The first-order valence-corrected chi connectivity index (χ1v) is 15.9. The van der Waals surface area contributed by atoms with Crippen molar-refractivity contribution in [2.24, 2.45) is 5.92 Å². The Morgan fingerprint density at radius 2 is 1.40 bits per heavy atom. The van der Waals surface area contributed by atoms with Crippen molar-refractivity contribution in [1.29, 1.82) is 0 Å². The summed E-state index contributed by atoms with van der Waals surface area (Å²) in [5.74, 6) is 1.88. The van der Waals surface area contributed by atoms with Crippen LogP contribution in [0.25, 0.3) is 11.2 Å². The van der Waals surface area contributed by atoms with Crippen molar-refractivity contribution < 1.29 is 19.0 Å². The second kappa shape index (κ2) is 13.7. The zero-order chi connectivity index (χ0) is 32.9. The van der Waals surface area contributed by atoms with E-state index >= 15 is 0 Å². The van der Waals surface area contributed by atoms with Crippen LogP contribution in [0, 0.1) is 12.3 Å². The fraction of sp³-hybridized carbons (Fsp3) is 0.205. The number of rotatable bonds is 11. The number of hydrogen-bond donors (Lipinski definition) is 1. The molecule has 9 heteroatoms. The van der Waals surface area contributed by atoms with E-state index in [4.69, 9.17) is 14.2 Å². The number of carbonyl (C=O) groups excluding carboxylic acids is 1. The van der Waals surface area contributed by atoms with Gasteiger partial charge in [-0.2, -0.15) is 0 Å². The Morgan fingerprint density at radius 3 is 2.02 bits per heavy atom. The third kappa shape index (κ3) is 6.00. The maximum atomic E-state index is 12.9. The van der Waals surface area contributed by atoms with Crippen molar-refractivity contribution in [1.82, 2.24) is 19.5 Å². The molecule has 0 aliphatic heterocycles. The van der Waals surface area contributed by atoms with E-state index in [1.54, 1.807) is 32.7 Å². The van der Waals surface area contributed by atoms with Crippen LogP contribution in [0.3, 0.4) is 0 Å². The van der Waals surface area contributed by atoms with Crippen LogP contribution in [0.1, 0.15) is 45.9 Å². The van der Waals surface area contributed by atoms with Gasteiger partial charge in [-0.1, -0.05) is 72.8 Å². The van der Waals surface area contributed by atoms with Gasteiger partial charge in [0, 0.05) is 11.6 Å². The van der Waals surface area contributed by atoms with Crippen LogP contribution in [0.15, 0.2) is 122 Å². The standard InChI is InChI=1S/C39H36N5O4/c1-46-33-19-14-30(15-20-33)39(29-11-7-4-8-12-29,31-16-21-34(47-2)22-17-31)48-24-27-13-18-32(23-27)44-26-42-35-36(40-25-41-37(35)44)43-38(45)28-9-5-3-6-10-28/h3-17,19-22,25-27,32H,18,23-24H2,1-2H3,(H,40,41,43,45)/t27-,32-/m1/s1. The van der Waals surface area contributed by atoms with E-state index in [9.17, 15) is 4.79 Å². The Hall–Kier alpha value is -5.54. The first-order valence-electron chi connectivity index (χ1n) is 15.9. The predicted octanol–water partition coefficient (Wildman–Crippen LogP) is 7.26. The molecule has 2 atom stereocenters. The number of methoxy groups -OCH3 is 2. The number of aromatic nitrogens is 4. The fourth-order valence-electron chi connectivity index (χ4n) is 6.54. The van der Waals surface area contributed by atoms with Crippen molar-refractivity contribution >= 4 is 22.9 Å². The highest BCUT2D eigenvalue weighted by atomic mass is 16.5. The summed E-state index contributed by atoms with van der Waals surface area (Å²) in [6.45, 7) is 0.490. The van der Waals surface area contributed by atoms with E-state index in [2.05, 4.69) is 67.7 Å². The summed E-state index contributed by atoms with van der Waals surface area (Å²) >= 11 is 0. The molecular formula is C39H36N5O4. The molecule has 4 aromatic carbocycles. The molecule has 0 bridgehead atoms. The highest BCUT2D eigenvalue weighted by Crippen LogP contribution is 2.44. The van der Waals surface area contributed by atoms with Gasteiger partial charge >= 0.3 is 0 Å². The smallest absolute Gasteiger partial charge is 0.256 e. The summed E-state index contributed by atoms with van der Waals surface area (Å²) < 4.78 is 20.2. The number of benzene rings is 4. The van der Waals surface area contributed by atoms with Gasteiger partial charge in [0.05, 0.1) is 27.2 Å². The summed E-state index contributed by atoms with van der Waals surface area (Å²) in [6.07, 6.45) is 7.27. The number of ether oxygens (including phenoxy) is 3. The van der Waals surface area contributed by atoms with Gasteiger partial charge in [0.15, 0.2) is 17.0 Å². The molecule has 1 aliphatic rings. The van der Waals surface area contributed by atoms with Gasteiger partial charge in [-0.15, -0.1) is 0 Å². The van der Waals surface area contributed by atoms with Crippen molar-refractivity contribution in [2.75, 3.05) is 26.1 Å². The van der Waals surface area contributed by atoms with Crippen molar-refractivity contribution in [3.63, 3.8) is 0 Å². The normalized spacial score (nSPS) is 16.1. The van der Waals surface area contributed by atoms with E-state index in [1.807, 2.05) is 60.7 Å². The summed E-state index contributed by atoms with van der Waals surface area (Å²) in [7, 11) is 3.34. The Labute approximate surface area is 279 Å². The maximum Gasteiger partial charge on any atom is 0.256 e. The predicted molar refractivity (Wildman–Crippen MR) is 184 cm³/mol. The molecule has 48 heavy (non-hydrogen) atoms. The quantitative estimate of drug-likeness (QED) is 0.149. The summed E-state index contributed by atoms with van der Waals surface area (Å²) in [6, 6.07) is 35.7. The highest BCUT2D eigenvalue weighted by Gasteiger charge is 2.39. The number of hydrogen-bond acceptors (Lipinski definition) is 7. The van der Waals surface area contributed by atoms with Gasteiger partial charge in [-0.25, -0.2) is 15.0 Å². The Balaban J connectivity index is 1.15. The number of carbonyl (C=O) groups is 1. The lowest BCUT2D eigenvalue weighted by atomic mass is 9.80. The topological polar surface area (TPSA) is 100 Å². The SMILES string of the molecule is COc1ccc(C(OC[C@@H]2[CH]C[C@@H](n3cnc4c(NC(=O)c5ccccc5)ncnc43)C2)(c2ccccc2)c2ccc(OC)cc2)cc1. The van der Waals surface area contributed by atoms with Crippen LogP contribution < -0.4 is 14.8 Å². The third-order valence-corrected chi connectivity index (χ3v) is 9.02. The second-order valence-corrected chi connectivity index (χ2v) is 11.8. The zero-order valence-corrected chi connectivity index (χ0v) is 26.8. The van der Waals surface area contributed by atoms with Crippen LogP contribution in [0.2, 0.25) is 0 Å². The van der Waals surface area contributed by atoms with Crippen molar-refractivity contribution in [3.8, 4) is 11.5 Å². The minimum absolute atomic E-state index is 0.129. The molecule has 0 unspecified atom stereocenters. The molecule has 1 radical (unpaired) electrons. The largest absolute Gasteiger partial charge is 0.497 e. The number of imidazole rings is 1. The molecule has 9 nitrogen and oxygen atoms in total. The van der Waals surface area contributed by atoms with Gasteiger partial charge in [0.1, 0.15) is 23.4 Å². The summed E-state index contributed by atoms with van der Waals surface area (Å²) in [4.78, 5) is 26.4. The van der Waals surface area contributed by atoms with Gasteiger partial charge in [0.2, 0.25) is 0 Å². The Kier molecular flexibility index (Phi) is 8.85. The molecule has 1 saturated carbocycles. The van der Waals surface area contributed by atoms with Crippen LogP contribution in [0.4, 0.5) is 5.82 Å². The molecule has 6 aromatic rings. The molecule has 1 amide bonds. The van der Waals surface area contributed by atoms with Crippen molar-refractivity contribution in [2.45, 2.75) is 24.5 Å². The lowest BCUT2D eigenvalue weighted by Gasteiger charge is -2.37. The van der Waals surface area contributed by atoms with E-state index in [1.165, 1.54) is 6.33 Å². The van der Waals surface area contributed by atoms with Crippen LogP contribution in [0.5, 0.6) is 11.5 Å². The molecule has 1 aliphatic carbocycles. The summed E-state index contributed by atoms with van der Waals surface area (Å²) in [5, 5.41) is 2.90. The second-order valence-electron chi connectivity index (χ2n) is 11.8. The Bertz CT molecular complexity index is 1930. The minimum atomic E-state index is -0.882. The van der Waals surface area contributed by atoms with Crippen LogP contribution >= 0.6 is 0 Å². The van der Waals surface area contributed by atoms with Crippen molar-refractivity contribution in [3.05, 3.63) is 151 Å². The number of amides is 1. The van der Waals surface area contributed by atoms with Gasteiger partial charge in [-0.05, 0) is 78.3 Å². The molecule has 1 N–H and O–H groups in total. The maximum absolute atomic E-state index is 12.9. The third-order valence-electron chi connectivity index (χ3n) is 9.02. The number of fused-ring (bicyclic) bond motifs is 1. The van der Waals surface area contributed by atoms with E-state index in [0.29, 0.717) is 29.2 Å². The van der Waals surface area contributed by atoms with Gasteiger partial charge in [-0.3, -0.25) is 4.79 Å². The minimum Gasteiger partial charge on any atom is -0.497 e. The fourth-order valence-corrected chi connectivity index (χ4v) is 6.54. The van der Waals surface area contributed by atoms with Crippen LogP contribution in [-0.4, -0.2) is 46.3 Å². The molecule has 2 heterocycles. The first kappa shape index (κ1) is 31.1. The molecular weight excluding hydrogens is 602 g/mol. The average molecular weight is 639 g/mol. The molecule has 7 rings (SSSR count). The number of nitrogens with zero attached hydrogens (tertiary/aromatic N) is 4. The van der Waals surface area contributed by atoms with E-state index < -0.39 is 5.60 Å². The van der Waals surface area contributed by atoms with Gasteiger partial charge < -0.3 is 24.1 Å². The highest BCUT2D eigenvalue weighted by molar-refractivity contribution is 6.06. The van der Waals surface area contributed by atoms with E-state index in [0.717, 1.165) is 41.0 Å². The average Bonchev–Trinajstić information content (AvgIpc) is 3.81. The number of anilines is 1. The molecule has 0 saturated heterocycles. The van der Waals surface area contributed by atoms with Gasteiger partial charge in [0.25, 0.3) is 5.91 Å². The molecule has 241 valence electrons. The molecule has 0 spiro atoms. The summed E-state index contributed by atoms with van der Waals surface area (Å²) in [5.41, 5.74) is 3.93. The zero-order valence-electron chi connectivity index (χ0n) is 26.8. The molecule has 1 fully saturated rings. The Morgan fingerprint density at radius 1 is 0.792 bits per heavy atom.